The van der Waals surface area contributed by atoms with Gasteiger partial charge in [-0.25, -0.2) is 0 Å². The molecule has 0 aromatic heterocycles. The number of thioether (sulfide) groups is 1. The molecule has 1 aliphatic rings. The molecule has 0 spiro atoms. The first kappa shape index (κ1) is 13.9. The minimum atomic E-state index is 0.214. The van der Waals surface area contributed by atoms with Crippen LogP contribution in [0.1, 0.15) is 25.3 Å². The zero-order valence-electron chi connectivity index (χ0n) is 11.9. The van der Waals surface area contributed by atoms with E-state index in [-0.39, 0.29) is 5.54 Å². The Hall–Kier alpha value is -0.510. The highest BCUT2D eigenvalue weighted by Crippen LogP contribution is 2.38. The van der Waals surface area contributed by atoms with Crippen LogP contribution in [0.5, 0.6) is 0 Å². The Balaban J connectivity index is 1.86. The molecule has 0 radical (unpaired) electrons. The van der Waals surface area contributed by atoms with E-state index in [4.69, 9.17) is 0 Å². The molecule has 0 bridgehead atoms. The van der Waals surface area contributed by atoms with Gasteiger partial charge in [0.05, 0.1) is 0 Å². The van der Waals surface area contributed by atoms with Crippen molar-refractivity contribution in [2.45, 2.75) is 30.2 Å². The highest BCUT2D eigenvalue weighted by Gasteiger charge is 2.24. The number of fused-ring (bicyclic) bond motifs is 1. The maximum Gasteiger partial charge on any atom is 0.0271 e. The highest BCUT2D eigenvalue weighted by molar-refractivity contribution is 7.99. The smallest absolute Gasteiger partial charge is 0.0271 e. The minimum absolute atomic E-state index is 0.214. The summed E-state index contributed by atoms with van der Waals surface area (Å²) in [5, 5.41) is 3.63. The van der Waals surface area contributed by atoms with Gasteiger partial charge in [0.1, 0.15) is 0 Å². The van der Waals surface area contributed by atoms with Crippen molar-refractivity contribution < 1.29 is 0 Å². The van der Waals surface area contributed by atoms with Gasteiger partial charge in [0.25, 0.3) is 0 Å². The van der Waals surface area contributed by atoms with Gasteiger partial charge in [-0.1, -0.05) is 18.2 Å². The Bertz CT molecular complexity index is 401. The van der Waals surface area contributed by atoms with E-state index in [2.05, 4.69) is 62.4 Å². The molecule has 1 unspecified atom stereocenters. The molecule has 3 heteroatoms. The predicted octanol–water partition coefficient (Wildman–Crippen LogP) is 2.81. The van der Waals surface area contributed by atoms with Crippen molar-refractivity contribution >= 4 is 11.8 Å². The number of hydrogen-bond donors (Lipinski definition) is 1. The quantitative estimate of drug-likeness (QED) is 0.880. The molecule has 100 valence electrons. The first-order valence-corrected chi connectivity index (χ1v) is 7.59. The number of hydrogen-bond acceptors (Lipinski definition) is 3. The van der Waals surface area contributed by atoms with Gasteiger partial charge in [0.2, 0.25) is 0 Å². The van der Waals surface area contributed by atoms with Gasteiger partial charge in [-0.2, -0.15) is 0 Å². The Labute approximate surface area is 115 Å². The maximum atomic E-state index is 3.63. The lowest BCUT2D eigenvalue weighted by atomic mass is 10.00. The molecular weight excluding hydrogens is 240 g/mol. The van der Waals surface area contributed by atoms with E-state index < -0.39 is 0 Å². The van der Waals surface area contributed by atoms with Gasteiger partial charge in [0, 0.05) is 35.2 Å². The lowest BCUT2D eigenvalue weighted by Gasteiger charge is -2.33. The van der Waals surface area contributed by atoms with Crippen LogP contribution in [-0.4, -0.2) is 43.4 Å². The Morgan fingerprint density at radius 1 is 1.33 bits per heavy atom. The summed E-state index contributed by atoms with van der Waals surface area (Å²) in [5.41, 5.74) is 1.74. The van der Waals surface area contributed by atoms with Crippen LogP contribution in [0.25, 0.3) is 0 Å². The van der Waals surface area contributed by atoms with E-state index in [1.165, 1.54) is 16.2 Å². The van der Waals surface area contributed by atoms with Crippen molar-refractivity contribution in [1.82, 2.24) is 10.2 Å². The molecule has 0 saturated heterocycles. The molecule has 2 nitrogen and oxygen atoms in total. The molecule has 1 N–H and O–H groups in total. The number of nitrogens with zero attached hydrogens (tertiary/aromatic N) is 1. The summed E-state index contributed by atoms with van der Waals surface area (Å²) in [6.45, 7) is 6.67. The van der Waals surface area contributed by atoms with Crippen LogP contribution in [-0.2, 0) is 0 Å². The summed E-state index contributed by atoms with van der Waals surface area (Å²) in [4.78, 5) is 3.74. The van der Waals surface area contributed by atoms with Crippen molar-refractivity contribution in [3.8, 4) is 0 Å². The average molecular weight is 264 g/mol. The fourth-order valence-electron chi connectivity index (χ4n) is 2.11. The highest BCUT2D eigenvalue weighted by atomic mass is 32.2. The van der Waals surface area contributed by atoms with Crippen molar-refractivity contribution in [3.63, 3.8) is 0 Å². The third kappa shape index (κ3) is 3.08. The van der Waals surface area contributed by atoms with E-state index in [1.54, 1.807) is 0 Å². The van der Waals surface area contributed by atoms with Gasteiger partial charge < -0.3 is 10.2 Å². The van der Waals surface area contributed by atoms with Crippen LogP contribution in [0, 0.1) is 0 Å². The number of rotatable bonds is 5. The van der Waals surface area contributed by atoms with Crippen LogP contribution >= 0.6 is 11.8 Å². The average Bonchev–Trinajstić information content (AvgIpc) is 2.72. The summed E-state index contributed by atoms with van der Waals surface area (Å²) in [6.07, 6.45) is 0. The largest absolute Gasteiger partial charge is 0.314 e. The van der Waals surface area contributed by atoms with Gasteiger partial charge in [-0.3, -0.25) is 0 Å². The molecule has 1 aromatic rings. The van der Waals surface area contributed by atoms with Gasteiger partial charge in [-0.05, 0) is 39.6 Å². The van der Waals surface area contributed by atoms with Crippen molar-refractivity contribution in [2.75, 3.05) is 32.9 Å². The summed E-state index contributed by atoms with van der Waals surface area (Å²) in [5.74, 6) is 1.89. The van der Waals surface area contributed by atoms with Gasteiger partial charge in [-0.15, -0.1) is 11.8 Å². The van der Waals surface area contributed by atoms with Crippen LogP contribution < -0.4 is 5.32 Å². The fourth-order valence-corrected chi connectivity index (χ4v) is 3.36. The SMILES string of the molecule is CN(C)C(C)(C)CNCC1CSc2ccccc21. The molecule has 0 amide bonds. The molecular formula is C15H24N2S. The summed E-state index contributed by atoms with van der Waals surface area (Å²) in [6, 6.07) is 8.81. The maximum absolute atomic E-state index is 3.63. The minimum Gasteiger partial charge on any atom is -0.314 e. The summed E-state index contributed by atoms with van der Waals surface area (Å²) >= 11 is 1.99. The number of nitrogens with one attached hydrogen (secondary N) is 1. The predicted molar refractivity (Wildman–Crippen MR) is 80.5 cm³/mol. The van der Waals surface area contributed by atoms with E-state index in [9.17, 15) is 0 Å². The Kier molecular flexibility index (Phi) is 4.36. The molecule has 0 saturated carbocycles. The van der Waals surface area contributed by atoms with Crippen molar-refractivity contribution in [2.24, 2.45) is 0 Å². The molecule has 1 aromatic carbocycles. The first-order valence-electron chi connectivity index (χ1n) is 6.60. The fraction of sp³-hybridized carbons (Fsp3) is 0.600. The lowest BCUT2D eigenvalue weighted by Crippen LogP contribution is -2.47. The lowest BCUT2D eigenvalue weighted by molar-refractivity contribution is 0.190. The van der Waals surface area contributed by atoms with Crippen LogP contribution in [0.2, 0.25) is 0 Å². The third-order valence-electron chi connectivity index (χ3n) is 3.96. The zero-order chi connectivity index (χ0) is 13.2. The normalized spacial score (nSPS) is 19.3. The van der Waals surface area contributed by atoms with E-state index in [0.717, 1.165) is 13.1 Å². The Morgan fingerprint density at radius 3 is 2.78 bits per heavy atom. The summed E-state index contributed by atoms with van der Waals surface area (Å²) in [7, 11) is 4.28. The second-order valence-corrected chi connectivity index (χ2v) is 6.95. The van der Waals surface area contributed by atoms with E-state index >= 15 is 0 Å². The standard InChI is InChI=1S/C15H24N2S/c1-15(2,17(3)4)11-16-9-12-10-18-14-8-6-5-7-13(12)14/h5-8,12,16H,9-11H2,1-4H3. The molecule has 1 atom stereocenters. The van der Waals surface area contributed by atoms with Crippen molar-refractivity contribution in [3.05, 3.63) is 29.8 Å². The van der Waals surface area contributed by atoms with Gasteiger partial charge in [0.15, 0.2) is 0 Å². The monoisotopic (exact) mass is 264 g/mol. The van der Waals surface area contributed by atoms with Crippen LogP contribution in [0.3, 0.4) is 0 Å². The summed E-state index contributed by atoms with van der Waals surface area (Å²) < 4.78 is 0. The van der Waals surface area contributed by atoms with Gasteiger partial charge >= 0.3 is 0 Å². The number of benzene rings is 1. The van der Waals surface area contributed by atoms with Crippen LogP contribution in [0.15, 0.2) is 29.2 Å². The molecule has 0 aliphatic carbocycles. The molecule has 18 heavy (non-hydrogen) atoms. The third-order valence-corrected chi connectivity index (χ3v) is 5.21. The van der Waals surface area contributed by atoms with Crippen molar-refractivity contribution in [1.29, 1.82) is 0 Å². The molecule has 0 fully saturated rings. The first-order chi connectivity index (χ1) is 8.50. The van der Waals surface area contributed by atoms with Crippen LogP contribution in [0.4, 0.5) is 0 Å². The topological polar surface area (TPSA) is 15.3 Å². The molecule has 1 heterocycles. The zero-order valence-corrected chi connectivity index (χ0v) is 12.7. The second-order valence-electron chi connectivity index (χ2n) is 5.88. The second kappa shape index (κ2) is 5.64. The Morgan fingerprint density at radius 2 is 2.06 bits per heavy atom. The van der Waals surface area contributed by atoms with E-state index in [0.29, 0.717) is 5.92 Å². The van der Waals surface area contributed by atoms with E-state index in [1.807, 2.05) is 11.8 Å². The molecule has 2 rings (SSSR count). The molecule has 1 aliphatic heterocycles. The number of likely N-dealkylation sites (N-methyl/N-ethyl adjacent to an activating group) is 1.